The summed E-state index contributed by atoms with van der Waals surface area (Å²) in [7, 11) is 3.78. The number of carbonyl (C=O) groups excluding carboxylic acids is 1. The van der Waals surface area contributed by atoms with Gasteiger partial charge < -0.3 is 29.3 Å². The molecule has 4 rings (SSSR count). The third-order valence-corrected chi connectivity index (χ3v) is 4.64. The van der Waals surface area contributed by atoms with Gasteiger partial charge in [0, 0.05) is 44.8 Å². The highest BCUT2D eigenvalue weighted by atomic mass is 16.7. The predicted molar refractivity (Wildman–Crippen MR) is 103 cm³/mol. The number of nitrogens with zero attached hydrogens (tertiary/aromatic N) is 4. The van der Waals surface area contributed by atoms with Gasteiger partial charge in [-0.1, -0.05) is 0 Å². The summed E-state index contributed by atoms with van der Waals surface area (Å²) in [5, 5.41) is 2.92. The maximum atomic E-state index is 12.7. The number of hydrogen-bond acceptors (Lipinski definition) is 7. The molecule has 9 heteroatoms. The zero-order chi connectivity index (χ0) is 19.5. The van der Waals surface area contributed by atoms with Crippen LogP contribution in [0.5, 0.6) is 17.4 Å². The maximum Gasteiger partial charge on any atom is 0.321 e. The van der Waals surface area contributed by atoms with Crippen LogP contribution in [0.3, 0.4) is 0 Å². The number of carbonyl (C=O) groups is 1. The van der Waals surface area contributed by atoms with E-state index in [1.807, 2.05) is 19.0 Å². The van der Waals surface area contributed by atoms with Crippen LogP contribution in [0.15, 0.2) is 30.6 Å². The molecule has 2 aromatic rings. The quantitative estimate of drug-likeness (QED) is 0.864. The normalized spacial score (nSPS) is 17.9. The van der Waals surface area contributed by atoms with Gasteiger partial charge in [-0.15, -0.1) is 0 Å². The lowest BCUT2D eigenvalue weighted by Crippen LogP contribution is -2.46. The molecule has 1 unspecified atom stereocenters. The van der Waals surface area contributed by atoms with Crippen molar-refractivity contribution in [1.29, 1.82) is 0 Å². The number of anilines is 2. The zero-order valence-corrected chi connectivity index (χ0v) is 15.9. The molecule has 1 atom stereocenters. The highest BCUT2D eigenvalue weighted by Crippen LogP contribution is 2.34. The molecule has 0 bridgehead atoms. The third kappa shape index (κ3) is 3.88. The number of piperidine rings is 1. The van der Waals surface area contributed by atoms with Crippen molar-refractivity contribution in [2.45, 2.75) is 18.9 Å². The Kier molecular flexibility index (Phi) is 5.05. The van der Waals surface area contributed by atoms with Crippen LogP contribution in [0.2, 0.25) is 0 Å². The first-order chi connectivity index (χ1) is 13.6. The summed E-state index contributed by atoms with van der Waals surface area (Å²) in [4.78, 5) is 24.9. The van der Waals surface area contributed by atoms with Crippen molar-refractivity contribution < 1.29 is 19.0 Å². The molecule has 1 aromatic carbocycles. The average Bonchev–Trinajstić information content (AvgIpc) is 3.16. The third-order valence-electron chi connectivity index (χ3n) is 4.64. The van der Waals surface area contributed by atoms with Crippen molar-refractivity contribution in [2.75, 3.05) is 44.2 Å². The van der Waals surface area contributed by atoms with Crippen molar-refractivity contribution in [3.8, 4) is 17.4 Å². The number of amides is 2. The largest absolute Gasteiger partial charge is 0.470 e. The average molecular weight is 385 g/mol. The Morgan fingerprint density at radius 1 is 1.25 bits per heavy atom. The number of ether oxygens (including phenoxy) is 3. The van der Waals surface area contributed by atoms with E-state index in [2.05, 4.69) is 15.3 Å². The number of aromatic nitrogens is 2. The number of benzene rings is 1. The van der Waals surface area contributed by atoms with Gasteiger partial charge in [-0.05, 0) is 25.0 Å². The highest BCUT2D eigenvalue weighted by molar-refractivity contribution is 5.89. The summed E-state index contributed by atoms with van der Waals surface area (Å²) in [5.74, 6) is 2.47. The first-order valence-electron chi connectivity index (χ1n) is 9.21. The molecule has 1 saturated heterocycles. The molecule has 0 radical (unpaired) electrons. The van der Waals surface area contributed by atoms with Crippen LogP contribution in [0.25, 0.3) is 0 Å². The first kappa shape index (κ1) is 18.1. The van der Waals surface area contributed by atoms with Crippen LogP contribution in [0, 0.1) is 0 Å². The van der Waals surface area contributed by atoms with E-state index < -0.39 is 0 Å². The van der Waals surface area contributed by atoms with Gasteiger partial charge in [-0.2, -0.15) is 0 Å². The van der Waals surface area contributed by atoms with Gasteiger partial charge in [0.25, 0.3) is 5.88 Å². The van der Waals surface area contributed by atoms with Crippen LogP contribution in [0.4, 0.5) is 16.3 Å². The Morgan fingerprint density at radius 3 is 2.93 bits per heavy atom. The molecule has 1 fully saturated rings. The fourth-order valence-electron chi connectivity index (χ4n) is 3.26. The second-order valence-electron chi connectivity index (χ2n) is 6.91. The van der Waals surface area contributed by atoms with E-state index >= 15 is 0 Å². The van der Waals surface area contributed by atoms with Crippen LogP contribution in [-0.2, 0) is 0 Å². The zero-order valence-electron chi connectivity index (χ0n) is 15.9. The van der Waals surface area contributed by atoms with Crippen molar-refractivity contribution in [3.05, 3.63) is 30.6 Å². The number of hydrogen-bond donors (Lipinski definition) is 1. The molecule has 3 heterocycles. The van der Waals surface area contributed by atoms with Crippen molar-refractivity contribution in [2.24, 2.45) is 0 Å². The lowest BCUT2D eigenvalue weighted by Gasteiger charge is -2.33. The molecule has 0 spiro atoms. The lowest BCUT2D eigenvalue weighted by atomic mass is 10.1. The van der Waals surface area contributed by atoms with E-state index in [9.17, 15) is 4.79 Å². The van der Waals surface area contributed by atoms with Crippen LogP contribution < -0.4 is 24.4 Å². The van der Waals surface area contributed by atoms with Gasteiger partial charge in [0.05, 0.1) is 6.54 Å². The maximum absolute atomic E-state index is 12.7. The first-order valence-corrected chi connectivity index (χ1v) is 9.21. The number of nitrogens with one attached hydrogen (secondary N) is 1. The molecule has 1 aromatic heterocycles. The van der Waals surface area contributed by atoms with Gasteiger partial charge >= 0.3 is 6.03 Å². The SMILES string of the molecule is CN(C)c1nccnc1OC1CCCN(C(=O)Nc2ccc3c(c2)OCO3)C1. The Morgan fingerprint density at radius 2 is 2.07 bits per heavy atom. The fourth-order valence-corrected chi connectivity index (χ4v) is 3.26. The molecule has 28 heavy (non-hydrogen) atoms. The van der Waals surface area contributed by atoms with E-state index in [-0.39, 0.29) is 18.9 Å². The standard InChI is InChI=1S/C19H23N5O4/c1-23(2)17-18(21-8-7-20-17)28-14-4-3-9-24(11-14)19(25)22-13-5-6-15-16(10-13)27-12-26-15/h5-8,10,14H,3-4,9,11-12H2,1-2H3,(H,22,25). The Hall–Kier alpha value is -3.23. The monoisotopic (exact) mass is 385 g/mol. The highest BCUT2D eigenvalue weighted by Gasteiger charge is 2.27. The number of urea groups is 1. The molecule has 0 aliphatic carbocycles. The molecular weight excluding hydrogens is 362 g/mol. The van der Waals surface area contributed by atoms with Gasteiger partial charge in [0.15, 0.2) is 17.3 Å². The van der Waals surface area contributed by atoms with Crippen LogP contribution >= 0.6 is 0 Å². The minimum absolute atomic E-state index is 0.133. The molecule has 0 saturated carbocycles. The molecule has 148 valence electrons. The second-order valence-corrected chi connectivity index (χ2v) is 6.91. The lowest BCUT2D eigenvalue weighted by molar-refractivity contribution is 0.103. The van der Waals surface area contributed by atoms with Gasteiger partial charge in [0.2, 0.25) is 6.79 Å². The number of rotatable bonds is 4. The Labute approximate surface area is 163 Å². The number of fused-ring (bicyclic) bond motifs is 1. The summed E-state index contributed by atoms with van der Waals surface area (Å²) >= 11 is 0. The summed E-state index contributed by atoms with van der Waals surface area (Å²) in [6.07, 6.45) is 4.82. The van der Waals surface area contributed by atoms with E-state index in [1.165, 1.54) is 0 Å². The van der Waals surface area contributed by atoms with Crippen molar-refractivity contribution in [3.63, 3.8) is 0 Å². The van der Waals surface area contributed by atoms with Gasteiger partial charge in [-0.25, -0.2) is 14.8 Å². The molecule has 1 N–H and O–H groups in total. The Balaban J connectivity index is 1.39. The molecule has 9 nitrogen and oxygen atoms in total. The van der Waals surface area contributed by atoms with Crippen LogP contribution in [-0.4, -0.2) is 61.0 Å². The van der Waals surface area contributed by atoms with Gasteiger partial charge in [0.1, 0.15) is 6.10 Å². The Bertz CT molecular complexity index is 860. The predicted octanol–water partition coefficient (Wildman–Crippen LogP) is 2.35. The fraction of sp³-hybridized carbons (Fsp3) is 0.421. The van der Waals surface area contributed by atoms with Gasteiger partial charge in [-0.3, -0.25) is 0 Å². The van der Waals surface area contributed by atoms with Crippen LogP contribution in [0.1, 0.15) is 12.8 Å². The molecular formula is C19H23N5O4. The number of likely N-dealkylation sites (tertiary alicyclic amines) is 1. The second kappa shape index (κ2) is 7.79. The van der Waals surface area contributed by atoms with E-state index in [1.54, 1.807) is 35.5 Å². The summed E-state index contributed by atoms with van der Waals surface area (Å²) in [6, 6.07) is 5.18. The molecule has 2 aliphatic heterocycles. The van der Waals surface area contributed by atoms with E-state index in [0.29, 0.717) is 42.0 Å². The summed E-state index contributed by atoms with van der Waals surface area (Å²) in [6.45, 7) is 1.37. The van der Waals surface area contributed by atoms with E-state index in [0.717, 1.165) is 12.8 Å². The minimum Gasteiger partial charge on any atom is -0.470 e. The van der Waals surface area contributed by atoms with Crippen molar-refractivity contribution in [1.82, 2.24) is 14.9 Å². The topological polar surface area (TPSA) is 89.1 Å². The summed E-state index contributed by atoms with van der Waals surface area (Å²) in [5.41, 5.74) is 0.668. The molecule has 2 amide bonds. The minimum atomic E-state index is -0.167. The smallest absolute Gasteiger partial charge is 0.321 e. The van der Waals surface area contributed by atoms with Crippen molar-refractivity contribution >= 4 is 17.5 Å². The van der Waals surface area contributed by atoms with E-state index in [4.69, 9.17) is 14.2 Å². The summed E-state index contributed by atoms with van der Waals surface area (Å²) < 4.78 is 16.7. The molecule has 2 aliphatic rings.